The van der Waals surface area contributed by atoms with E-state index < -0.39 is 0 Å². The van der Waals surface area contributed by atoms with E-state index in [1.165, 1.54) is 6.20 Å². The summed E-state index contributed by atoms with van der Waals surface area (Å²) in [4.78, 5) is 3.59. The molecule has 0 amide bonds. The first-order chi connectivity index (χ1) is 5.79. The van der Waals surface area contributed by atoms with Crippen LogP contribution in [0, 0.1) is 11.3 Å². The van der Waals surface area contributed by atoms with Gasteiger partial charge in [0.1, 0.15) is 11.6 Å². The molecule has 62 valence electrons. The average molecular weight is 163 g/mol. The lowest BCUT2D eigenvalue weighted by molar-refractivity contribution is 0.452. The lowest BCUT2D eigenvalue weighted by Crippen LogP contribution is -1.99. The molecule has 0 aliphatic rings. The molecule has 2 N–H and O–H groups in total. The summed E-state index contributed by atoms with van der Waals surface area (Å²) in [5, 5.41) is 20.7. The number of aromatic hydroxyl groups is 1. The first-order valence-electron chi connectivity index (χ1n) is 3.61. The van der Waals surface area contributed by atoms with Crippen LogP contribution in [0.5, 0.6) is 5.88 Å². The normalized spacial score (nSPS) is 9.00. The smallest absolute Gasteiger partial charge is 0.231 e. The molecule has 0 aromatic carbocycles. The zero-order chi connectivity index (χ0) is 8.97. The standard InChI is InChI=1S/C8H9N3O/c1-2-10-7-3-4-11-8(12)6(7)5-9/h3-4H,2H2,1H3,(H2,10,11,12). The van der Waals surface area contributed by atoms with Gasteiger partial charge in [0.05, 0.1) is 5.69 Å². The number of nitrogens with one attached hydrogen (secondary N) is 1. The van der Waals surface area contributed by atoms with E-state index in [1.54, 1.807) is 6.07 Å². The monoisotopic (exact) mass is 163 g/mol. The molecule has 1 aromatic rings. The van der Waals surface area contributed by atoms with Crippen LogP contribution in [0.4, 0.5) is 5.69 Å². The Morgan fingerprint density at radius 2 is 2.50 bits per heavy atom. The van der Waals surface area contributed by atoms with Crippen molar-refractivity contribution < 1.29 is 5.11 Å². The van der Waals surface area contributed by atoms with Crippen molar-refractivity contribution in [3.8, 4) is 11.9 Å². The summed E-state index contributed by atoms with van der Waals surface area (Å²) in [5.41, 5.74) is 0.812. The molecule has 1 aromatic heterocycles. The molecule has 0 atom stereocenters. The van der Waals surface area contributed by atoms with E-state index in [-0.39, 0.29) is 11.4 Å². The molecular weight excluding hydrogens is 154 g/mol. The van der Waals surface area contributed by atoms with Gasteiger partial charge in [0.25, 0.3) is 0 Å². The Bertz CT molecular complexity index is 317. The van der Waals surface area contributed by atoms with Crippen molar-refractivity contribution in [3.63, 3.8) is 0 Å². The molecule has 0 aliphatic carbocycles. The Hall–Kier alpha value is -1.76. The Kier molecular flexibility index (Phi) is 2.49. The summed E-state index contributed by atoms with van der Waals surface area (Å²) in [5.74, 6) is -0.226. The Morgan fingerprint density at radius 1 is 1.75 bits per heavy atom. The summed E-state index contributed by atoms with van der Waals surface area (Å²) in [6.07, 6.45) is 1.45. The van der Waals surface area contributed by atoms with E-state index in [4.69, 9.17) is 10.4 Å². The largest absolute Gasteiger partial charge is 0.492 e. The predicted octanol–water partition coefficient (Wildman–Crippen LogP) is 1.09. The minimum atomic E-state index is -0.226. The van der Waals surface area contributed by atoms with Gasteiger partial charge in [-0.15, -0.1) is 0 Å². The molecule has 0 aliphatic heterocycles. The van der Waals surface area contributed by atoms with Gasteiger partial charge in [-0.05, 0) is 13.0 Å². The van der Waals surface area contributed by atoms with Gasteiger partial charge in [-0.2, -0.15) is 5.26 Å². The third kappa shape index (κ3) is 1.45. The zero-order valence-corrected chi connectivity index (χ0v) is 6.70. The lowest BCUT2D eigenvalue weighted by Gasteiger charge is -2.04. The third-order valence-corrected chi connectivity index (χ3v) is 1.41. The van der Waals surface area contributed by atoms with Crippen molar-refractivity contribution in [2.24, 2.45) is 0 Å². The maximum absolute atomic E-state index is 9.14. The molecule has 4 nitrogen and oxygen atoms in total. The lowest BCUT2D eigenvalue weighted by atomic mass is 10.2. The highest BCUT2D eigenvalue weighted by molar-refractivity contribution is 5.60. The molecule has 12 heavy (non-hydrogen) atoms. The van der Waals surface area contributed by atoms with Crippen molar-refractivity contribution >= 4 is 5.69 Å². The van der Waals surface area contributed by atoms with E-state index in [2.05, 4.69) is 10.3 Å². The minimum absolute atomic E-state index is 0.194. The van der Waals surface area contributed by atoms with Gasteiger partial charge < -0.3 is 10.4 Å². The van der Waals surface area contributed by atoms with Crippen molar-refractivity contribution in [1.29, 1.82) is 5.26 Å². The molecule has 0 saturated carbocycles. The molecule has 0 saturated heterocycles. The number of anilines is 1. The van der Waals surface area contributed by atoms with Crippen LogP contribution < -0.4 is 5.32 Å². The molecule has 0 unspecified atom stereocenters. The van der Waals surface area contributed by atoms with Crippen molar-refractivity contribution in [1.82, 2.24) is 4.98 Å². The number of rotatable bonds is 2. The van der Waals surface area contributed by atoms with Crippen LogP contribution in [0.25, 0.3) is 0 Å². The molecule has 0 fully saturated rings. The van der Waals surface area contributed by atoms with E-state index in [0.29, 0.717) is 12.2 Å². The molecule has 4 heteroatoms. The third-order valence-electron chi connectivity index (χ3n) is 1.41. The fraction of sp³-hybridized carbons (Fsp3) is 0.250. The Labute approximate surface area is 70.5 Å². The van der Waals surface area contributed by atoms with Crippen LogP contribution in [0.2, 0.25) is 0 Å². The van der Waals surface area contributed by atoms with Gasteiger partial charge in [0, 0.05) is 12.7 Å². The van der Waals surface area contributed by atoms with Gasteiger partial charge in [-0.3, -0.25) is 0 Å². The highest BCUT2D eigenvalue weighted by atomic mass is 16.3. The molecular formula is C8H9N3O. The number of nitrogens with zero attached hydrogens (tertiary/aromatic N) is 2. The summed E-state index contributed by atoms with van der Waals surface area (Å²) in [6.45, 7) is 2.62. The molecule has 0 spiro atoms. The van der Waals surface area contributed by atoms with E-state index in [0.717, 1.165) is 0 Å². The number of hydrogen-bond acceptors (Lipinski definition) is 4. The highest BCUT2D eigenvalue weighted by Gasteiger charge is 2.06. The number of pyridine rings is 1. The Balaban J connectivity index is 3.11. The fourth-order valence-electron chi connectivity index (χ4n) is 0.899. The van der Waals surface area contributed by atoms with E-state index >= 15 is 0 Å². The van der Waals surface area contributed by atoms with Crippen LogP contribution in [0.1, 0.15) is 12.5 Å². The SMILES string of the molecule is CCNc1ccnc(O)c1C#N. The topological polar surface area (TPSA) is 68.9 Å². The van der Waals surface area contributed by atoms with Crippen LogP contribution in [-0.4, -0.2) is 16.6 Å². The quantitative estimate of drug-likeness (QED) is 0.684. The first-order valence-corrected chi connectivity index (χ1v) is 3.61. The molecule has 0 radical (unpaired) electrons. The van der Waals surface area contributed by atoms with E-state index in [1.807, 2.05) is 13.0 Å². The molecule has 1 rings (SSSR count). The fourth-order valence-corrected chi connectivity index (χ4v) is 0.899. The second kappa shape index (κ2) is 3.58. The first kappa shape index (κ1) is 8.34. The van der Waals surface area contributed by atoms with Gasteiger partial charge in [-0.25, -0.2) is 4.98 Å². The number of nitriles is 1. The van der Waals surface area contributed by atoms with Crippen LogP contribution in [0.3, 0.4) is 0 Å². The summed E-state index contributed by atoms with van der Waals surface area (Å²) in [6, 6.07) is 3.53. The minimum Gasteiger partial charge on any atom is -0.492 e. The van der Waals surface area contributed by atoms with Crippen LogP contribution in [-0.2, 0) is 0 Å². The predicted molar refractivity (Wildman–Crippen MR) is 44.8 cm³/mol. The maximum Gasteiger partial charge on any atom is 0.231 e. The van der Waals surface area contributed by atoms with Gasteiger partial charge >= 0.3 is 0 Å². The average Bonchev–Trinajstić information content (AvgIpc) is 2.05. The highest BCUT2D eigenvalue weighted by Crippen LogP contribution is 2.20. The van der Waals surface area contributed by atoms with Gasteiger partial charge in [0.2, 0.25) is 5.88 Å². The summed E-state index contributed by atoms with van der Waals surface area (Å²) >= 11 is 0. The summed E-state index contributed by atoms with van der Waals surface area (Å²) < 4.78 is 0. The van der Waals surface area contributed by atoms with Crippen LogP contribution >= 0.6 is 0 Å². The second-order valence-corrected chi connectivity index (χ2v) is 2.20. The van der Waals surface area contributed by atoms with Gasteiger partial charge in [0.15, 0.2) is 0 Å². The molecule has 1 heterocycles. The van der Waals surface area contributed by atoms with Crippen molar-refractivity contribution in [2.75, 3.05) is 11.9 Å². The Morgan fingerprint density at radius 3 is 3.08 bits per heavy atom. The number of hydrogen-bond donors (Lipinski definition) is 2. The second-order valence-electron chi connectivity index (χ2n) is 2.20. The van der Waals surface area contributed by atoms with Crippen molar-refractivity contribution in [2.45, 2.75) is 6.92 Å². The molecule has 0 bridgehead atoms. The van der Waals surface area contributed by atoms with Crippen LogP contribution in [0.15, 0.2) is 12.3 Å². The van der Waals surface area contributed by atoms with Crippen molar-refractivity contribution in [3.05, 3.63) is 17.8 Å². The summed E-state index contributed by atoms with van der Waals surface area (Å²) in [7, 11) is 0. The number of aromatic nitrogens is 1. The van der Waals surface area contributed by atoms with Gasteiger partial charge in [-0.1, -0.05) is 0 Å². The van der Waals surface area contributed by atoms with E-state index in [9.17, 15) is 0 Å². The zero-order valence-electron chi connectivity index (χ0n) is 6.70. The maximum atomic E-state index is 9.14.